The molecule has 2 aromatic heterocycles. The number of hydrogen-bond acceptors (Lipinski definition) is 8. The van der Waals surface area contributed by atoms with Crippen molar-refractivity contribution < 1.29 is 23.1 Å². The van der Waals surface area contributed by atoms with Gasteiger partial charge in [-0.1, -0.05) is 0 Å². The molecule has 0 saturated heterocycles. The number of sulfonamides is 1. The minimum Gasteiger partial charge on any atom is -0.446 e. The molecule has 0 spiro atoms. The van der Waals surface area contributed by atoms with Crippen LogP contribution in [0.2, 0.25) is 0 Å². The molecule has 0 aliphatic heterocycles. The number of aromatic amines is 1. The van der Waals surface area contributed by atoms with E-state index in [4.69, 9.17) is 9.84 Å². The summed E-state index contributed by atoms with van der Waals surface area (Å²) in [5, 5.41) is 21.8. The van der Waals surface area contributed by atoms with Gasteiger partial charge < -0.3 is 20.5 Å². The van der Waals surface area contributed by atoms with Crippen molar-refractivity contribution in [3.8, 4) is 0 Å². The molecule has 3 rings (SSSR count). The van der Waals surface area contributed by atoms with Crippen LogP contribution in [0, 0.1) is 0 Å². The quantitative estimate of drug-likeness (QED) is 0.419. The fourth-order valence-electron chi connectivity index (χ4n) is 3.23. The van der Waals surface area contributed by atoms with Crippen molar-refractivity contribution in [2.45, 2.75) is 51.2 Å². The molecule has 0 bridgehead atoms. The van der Waals surface area contributed by atoms with Crippen LogP contribution in [0.4, 0.5) is 22.1 Å². The molecule has 1 saturated carbocycles. The average molecular weight is 439 g/mol. The Labute approximate surface area is 174 Å². The van der Waals surface area contributed by atoms with E-state index < -0.39 is 22.1 Å². The van der Waals surface area contributed by atoms with Crippen LogP contribution >= 0.6 is 0 Å². The molecule has 1 aliphatic carbocycles. The first kappa shape index (κ1) is 21.8. The van der Waals surface area contributed by atoms with Gasteiger partial charge in [-0.25, -0.2) is 18.2 Å². The molecule has 2 atom stereocenters. The van der Waals surface area contributed by atoms with Crippen molar-refractivity contribution >= 4 is 33.4 Å². The highest BCUT2D eigenvalue weighted by molar-refractivity contribution is 7.92. The van der Waals surface area contributed by atoms with Crippen LogP contribution in [0.5, 0.6) is 0 Å². The molecular formula is C18H26N6O5S. The minimum absolute atomic E-state index is 0.0356. The van der Waals surface area contributed by atoms with Gasteiger partial charge >= 0.3 is 6.09 Å². The van der Waals surface area contributed by atoms with Crippen LogP contribution in [-0.2, 0) is 14.8 Å². The second-order valence-corrected chi connectivity index (χ2v) is 9.14. The van der Waals surface area contributed by atoms with Gasteiger partial charge in [-0.3, -0.25) is 9.82 Å². The summed E-state index contributed by atoms with van der Waals surface area (Å²) in [6.45, 7) is 3.77. The van der Waals surface area contributed by atoms with Crippen molar-refractivity contribution in [1.29, 1.82) is 0 Å². The van der Waals surface area contributed by atoms with Gasteiger partial charge in [-0.15, -0.1) is 0 Å². The lowest BCUT2D eigenvalue weighted by molar-refractivity contribution is 0.0981. The van der Waals surface area contributed by atoms with Crippen LogP contribution in [0.25, 0.3) is 0 Å². The summed E-state index contributed by atoms with van der Waals surface area (Å²) in [6, 6.07) is 5.03. The van der Waals surface area contributed by atoms with Gasteiger partial charge in [0.2, 0.25) is 0 Å². The summed E-state index contributed by atoms with van der Waals surface area (Å²) >= 11 is 0. The Balaban J connectivity index is 1.54. The van der Waals surface area contributed by atoms with Gasteiger partial charge in [0.15, 0.2) is 11.8 Å². The van der Waals surface area contributed by atoms with E-state index in [1.54, 1.807) is 6.07 Å². The van der Waals surface area contributed by atoms with E-state index >= 15 is 0 Å². The lowest BCUT2D eigenvalue weighted by Gasteiger charge is -2.14. The molecule has 11 nitrogen and oxygen atoms in total. The number of aliphatic hydroxyl groups excluding tert-OH is 1. The molecule has 0 aromatic carbocycles. The summed E-state index contributed by atoms with van der Waals surface area (Å²) in [5.41, 5.74) is 1.19. The summed E-state index contributed by atoms with van der Waals surface area (Å²) in [6.07, 6.45) is 3.24. The van der Waals surface area contributed by atoms with E-state index in [0.29, 0.717) is 11.6 Å². The second kappa shape index (κ2) is 9.30. The molecule has 1 amide bonds. The monoisotopic (exact) mass is 438 g/mol. The molecule has 1 fully saturated rings. The predicted molar refractivity (Wildman–Crippen MR) is 111 cm³/mol. The predicted octanol–water partition coefficient (Wildman–Crippen LogP) is 2.01. The molecular weight excluding hydrogens is 412 g/mol. The zero-order chi connectivity index (χ0) is 21.7. The maximum atomic E-state index is 11.8. The summed E-state index contributed by atoms with van der Waals surface area (Å²) in [7, 11) is -3.78. The summed E-state index contributed by atoms with van der Waals surface area (Å²) < 4.78 is 30.4. The van der Waals surface area contributed by atoms with Gasteiger partial charge in [0.1, 0.15) is 11.9 Å². The van der Waals surface area contributed by atoms with Gasteiger partial charge in [-0.2, -0.15) is 5.10 Å². The molecule has 5 N–H and O–H groups in total. The Morgan fingerprint density at radius 2 is 2.13 bits per heavy atom. The Bertz CT molecular complexity index is 960. The van der Waals surface area contributed by atoms with E-state index in [1.165, 1.54) is 12.3 Å². The molecule has 2 aromatic rings. The first-order chi connectivity index (χ1) is 14.2. The normalized spacial score (nSPS) is 18.9. The first-order valence-electron chi connectivity index (χ1n) is 9.61. The molecule has 0 radical (unpaired) electrons. The molecule has 164 valence electrons. The van der Waals surface area contributed by atoms with E-state index in [-0.39, 0.29) is 23.8 Å². The number of nitrogens with one attached hydrogen (secondary N) is 4. The lowest BCUT2D eigenvalue weighted by Crippen LogP contribution is -2.33. The number of nitrogens with zero attached hydrogens (tertiary/aromatic N) is 2. The van der Waals surface area contributed by atoms with E-state index in [2.05, 4.69) is 30.5 Å². The summed E-state index contributed by atoms with van der Waals surface area (Å²) in [5.74, 6) is 0.271. The van der Waals surface area contributed by atoms with Crippen molar-refractivity contribution in [2.24, 2.45) is 0 Å². The van der Waals surface area contributed by atoms with Gasteiger partial charge in [0.25, 0.3) is 10.0 Å². The number of carbonyl (C=O) groups excluding carboxylic acids is 1. The van der Waals surface area contributed by atoms with Crippen molar-refractivity contribution in [2.75, 3.05) is 16.0 Å². The highest BCUT2D eigenvalue weighted by Crippen LogP contribution is 2.36. The van der Waals surface area contributed by atoms with E-state index in [1.807, 2.05) is 19.9 Å². The lowest BCUT2D eigenvalue weighted by atomic mass is 10.0. The number of carbonyl (C=O) groups is 1. The minimum atomic E-state index is -3.78. The third kappa shape index (κ3) is 6.07. The molecule has 1 aliphatic rings. The third-order valence-corrected chi connectivity index (χ3v) is 5.45. The highest BCUT2D eigenvalue weighted by Gasteiger charge is 2.30. The maximum absolute atomic E-state index is 11.8. The van der Waals surface area contributed by atoms with Crippen LogP contribution in [0.1, 0.15) is 44.7 Å². The molecule has 12 heteroatoms. The fourth-order valence-corrected chi connectivity index (χ4v) is 3.78. The number of pyridine rings is 1. The maximum Gasteiger partial charge on any atom is 0.407 e. The van der Waals surface area contributed by atoms with Gasteiger partial charge in [0, 0.05) is 23.7 Å². The SMILES string of the molecule is CC(C)NC(=O)O[C@@H]1CC[C@H](c2cc(Nc3ccc(NS(=O)(=O)CO)cn3)n[nH]2)C1. The van der Waals surface area contributed by atoms with Crippen molar-refractivity contribution in [1.82, 2.24) is 20.5 Å². The zero-order valence-corrected chi connectivity index (χ0v) is 17.6. The van der Waals surface area contributed by atoms with Crippen LogP contribution < -0.4 is 15.4 Å². The van der Waals surface area contributed by atoms with Crippen molar-refractivity contribution in [3.05, 3.63) is 30.1 Å². The van der Waals surface area contributed by atoms with E-state index in [0.717, 1.165) is 25.0 Å². The standard InChI is InChI=1S/C18H26N6O5S/c1-11(2)20-18(26)29-14-5-3-12(7-14)15-8-17(23-22-15)21-16-6-4-13(9-19-16)24-30(27,28)10-25/h4,6,8-9,11-12,14,24-25H,3,5,7,10H2,1-2H3,(H,20,26)(H2,19,21,22,23)/t12-,14+/m0/s1. The molecule has 30 heavy (non-hydrogen) atoms. The third-order valence-electron chi connectivity index (χ3n) is 4.57. The number of hydrogen-bond donors (Lipinski definition) is 5. The Morgan fingerprint density at radius 1 is 1.33 bits per heavy atom. The number of H-pyrrole nitrogens is 1. The molecule has 0 unspecified atom stereocenters. The topological polar surface area (TPSA) is 158 Å². The largest absolute Gasteiger partial charge is 0.446 e. The van der Waals surface area contributed by atoms with Crippen molar-refractivity contribution in [3.63, 3.8) is 0 Å². The van der Waals surface area contributed by atoms with Crippen LogP contribution in [0.15, 0.2) is 24.4 Å². The first-order valence-corrected chi connectivity index (χ1v) is 11.3. The highest BCUT2D eigenvalue weighted by atomic mass is 32.2. The van der Waals surface area contributed by atoms with Crippen LogP contribution in [-0.4, -0.2) is 52.9 Å². The average Bonchev–Trinajstić information content (AvgIpc) is 3.32. The van der Waals surface area contributed by atoms with Gasteiger partial charge in [0.05, 0.1) is 11.9 Å². The number of rotatable bonds is 8. The number of aliphatic hydroxyl groups is 1. The number of alkyl carbamates (subject to hydrolysis) is 1. The zero-order valence-electron chi connectivity index (χ0n) is 16.8. The number of ether oxygens (including phenoxy) is 1. The van der Waals surface area contributed by atoms with Gasteiger partial charge in [-0.05, 0) is 45.2 Å². The van der Waals surface area contributed by atoms with Crippen LogP contribution in [0.3, 0.4) is 0 Å². The smallest absolute Gasteiger partial charge is 0.407 e. The Kier molecular flexibility index (Phi) is 6.77. The number of aromatic nitrogens is 3. The number of anilines is 3. The molecule has 2 heterocycles. The summed E-state index contributed by atoms with van der Waals surface area (Å²) in [4.78, 5) is 15.9. The number of amides is 1. The van der Waals surface area contributed by atoms with E-state index in [9.17, 15) is 13.2 Å². The fraction of sp³-hybridized carbons (Fsp3) is 0.500. The second-order valence-electron chi connectivity index (χ2n) is 7.45. The Hall–Kier alpha value is -2.86. The Morgan fingerprint density at radius 3 is 2.80 bits per heavy atom.